The third-order valence-electron chi connectivity index (χ3n) is 3.41. The highest BCUT2D eigenvalue weighted by Crippen LogP contribution is 2.15. The molecule has 2 rings (SSSR count). The lowest BCUT2D eigenvalue weighted by molar-refractivity contribution is -0.0258. The van der Waals surface area contributed by atoms with Crippen molar-refractivity contribution >= 4 is 21.8 Å². The Morgan fingerprint density at radius 1 is 0.923 bits per heavy atom. The van der Waals surface area contributed by atoms with E-state index in [1.54, 1.807) is 0 Å². The van der Waals surface area contributed by atoms with Crippen molar-refractivity contribution in [2.75, 3.05) is 14.2 Å². The molecule has 8 nitrogen and oxygen atoms in total. The minimum atomic E-state index is -3.82. The minimum absolute atomic E-state index is 0.0613. The summed E-state index contributed by atoms with van der Waals surface area (Å²) in [6.45, 7) is 0. The van der Waals surface area contributed by atoms with Crippen LogP contribution in [0.15, 0.2) is 53.4 Å². The molecule has 0 aromatic heterocycles. The van der Waals surface area contributed by atoms with Crippen molar-refractivity contribution in [2.24, 2.45) is 0 Å². The molecule has 0 atom stereocenters. The van der Waals surface area contributed by atoms with Crippen LogP contribution in [0.4, 0.5) is 4.39 Å². The van der Waals surface area contributed by atoms with Crippen LogP contribution in [0, 0.1) is 5.82 Å². The van der Waals surface area contributed by atoms with Crippen molar-refractivity contribution < 1.29 is 27.2 Å². The van der Waals surface area contributed by atoms with E-state index < -0.39 is 27.7 Å². The number of nitrogens with zero attached hydrogens (tertiary/aromatic N) is 1. The topological polar surface area (TPSA) is 105 Å². The highest BCUT2D eigenvalue weighted by Gasteiger charge is 2.21. The molecule has 26 heavy (non-hydrogen) atoms. The number of hydrazine groups is 1. The van der Waals surface area contributed by atoms with Crippen molar-refractivity contribution in [3.8, 4) is 0 Å². The molecule has 2 aromatic rings. The number of hydrogen-bond acceptors (Lipinski definition) is 5. The number of halogens is 1. The first-order chi connectivity index (χ1) is 12.3. The number of nitrogens with one attached hydrogen (secondary N) is 2. The van der Waals surface area contributed by atoms with Crippen LogP contribution >= 0.6 is 0 Å². The van der Waals surface area contributed by atoms with Crippen LogP contribution in [0.3, 0.4) is 0 Å². The van der Waals surface area contributed by atoms with Gasteiger partial charge in [0.2, 0.25) is 0 Å². The van der Waals surface area contributed by atoms with Crippen molar-refractivity contribution in [2.45, 2.75) is 4.90 Å². The molecule has 0 unspecified atom stereocenters. The Bertz CT molecular complexity index is 898. The molecule has 0 aliphatic carbocycles. The molecule has 0 saturated carbocycles. The van der Waals surface area contributed by atoms with Gasteiger partial charge in [0, 0.05) is 18.2 Å². The van der Waals surface area contributed by atoms with Crippen LogP contribution in [0.2, 0.25) is 0 Å². The van der Waals surface area contributed by atoms with Crippen LogP contribution in [-0.2, 0) is 14.9 Å². The zero-order valence-corrected chi connectivity index (χ0v) is 14.7. The molecule has 10 heteroatoms. The molecule has 0 radical (unpaired) electrons. The first kappa shape index (κ1) is 19.5. The average Bonchev–Trinajstić information content (AvgIpc) is 2.65. The van der Waals surface area contributed by atoms with Gasteiger partial charge in [0.1, 0.15) is 5.82 Å². The zero-order chi connectivity index (χ0) is 19.3. The Hall–Kier alpha value is -2.82. The van der Waals surface area contributed by atoms with E-state index in [0.29, 0.717) is 4.47 Å². The van der Waals surface area contributed by atoms with Crippen molar-refractivity contribution in [1.82, 2.24) is 15.3 Å². The normalized spacial score (nSPS) is 11.2. The summed E-state index contributed by atoms with van der Waals surface area (Å²) in [5.41, 5.74) is 4.66. The van der Waals surface area contributed by atoms with E-state index in [1.165, 1.54) is 50.6 Å². The smallest absolute Gasteiger partial charge is 0.269 e. The van der Waals surface area contributed by atoms with Crippen LogP contribution in [0.1, 0.15) is 20.7 Å². The van der Waals surface area contributed by atoms with E-state index in [1.807, 2.05) is 0 Å². The van der Waals surface area contributed by atoms with E-state index >= 15 is 0 Å². The molecule has 138 valence electrons. The maximum Gasteiger partial charge on any atom is 0.269 e. The van der Waals surface area contributed by atoms with Gasteiger partial charge in [0.05, 0.1) is 12.0 Å². The number of hydrogen-bond donors (Lipinski definition) is 2. The van der Waals surface area contributed by atoms with Crippen molar-refractivity contribution in [1.29, 1.82) is 0 Å². The summed E-state index contributed by atoms with van der Waals surface area (Å²) in [5.74, 6) is -1.76. The lowest BCUT2D eigenvalue weighted by atomic mass is 10.2. The lowest BCUT2D eigenvalue weighted by Gasteiger charge is -2.14. The summed E-state index contributed by atoms with van der Waals surface area (Å²) in [5, 5.41) is 0. The van der Waals surface area contributed by atoms with E-state index in [9.17, 15) is 22.4 Å². The van der Waals surface area contributed by atoms with Crippen molar-refractivity contribution in [3.63, 3.8) is 0 Å². The first-order valence-corrected chi connectivity index (χ1v) is 8.69. The molecule has 0 heterocycles. The van der Waals surface area contributed by atoms with Gasteiger partial charge < -0.3 is 0 Å². The summed E-state index contributed by atoms with van der Waals surface area (Å²) >= 11 is 0. The molecule has 0 aliphatic rings. The van der Waals surface area contributed by atoms with E-state index in [4.69, 9.17) is 0 Å². The number of sulfonamides is 1. The van der Waals surface area contributed by atoms with Gasteiger partial charge in [-0.3, -0.25) is 25.3 Å². The molecule has 2 amide bonds. The Balaban J connectivity index is 2.02. The summed E-state index contributed by atoms with van der Waals surface area (Å²) in [6.07, 6.45) is 0. The van der Waals surface area contributed by atoms with Crippen LogP contribution in [-0.4, -0.2) is 38.9 Å². The molecule has 0 fully saturated rings. The van der Waals surface area contributed by atoms with Gasteiger partial charge in [-0.05, 0) is 48.5 Å². The fraction of sp³-hybridized carbons (Fsp3) is 0.125. The molecular formula is C16H16FN3O5S. The third kappa shape index (κ3) is 4.42. The van der Waals surface area contributed by atoms with Gasteiger partial charge in [0.25, 0.3) is 21.8 Å². The van der Waals surface area contributed by atoms with Gasteiger partial charge in [-0.1, -0.05) is 4.47 Å². The monoisotopic (exact) mass is 381 g/mol. The van der Waals surface area contributed by atoms with Crippen LogP contribution in [0.25, 0.3) is 0 Å². The second-order valence-electron chi connectivity index (χ2n) is 5.04. The van der Waals surface area contributed by atoms with Crippen LogP contribution in [0.5, 0.6) is 0 Å². The zero-order valence-electron chi connectivity index (χ0n) is 13.9. The van der Waals surface area contributed by atoms with E-state index in [2.05, 4.69) is 15.7 Å². The Labute approximate surface area is 149 Å². The second-order valence-corrected chi connectivity index (χ2v) is 6.97. The number of benzene rings is 2. The minimum Gasteiger partial charge on any atom is -0.288 e. The highest BCUT2D eigenvalue weighted by molar-refractivity contribution is 7.89. The highest BCUT2D eigenvalue weighted by atomic mass is 32.2. The van der Waals surface area contributed by atoms with E-state index in [0.717, 1.165) is 12.1 Å². The fourth-order valence-corrected chi connectivity index (χ4v) is 2.86. The molecular weight excluding hydrogens is 365 g/mol. The molecule has 0 aliphatic heterocycles. The summed E-state index contributed by atoms with van der Waals surface area (Å²) in [4.78, 5) is 28.4. The lowest BCUT2D eigenvalue weighted by Crippen LogP contribution is -2.41. The number of rotatable bonds is 5. The molecule has 2 N–H and O–H groups in total. The number of hydroxylamine groups is 1. The SMILES string of the molecule is CON(C)S(=O)(=O)c1ccc(C(=O)NNC(=O)c2ccc(F)cc2)cc1. The maximum absolute atomic E-state index is 12.8. The van der Waals surface area contributed by atoms with Crippen LogP contribution < -0.4 is 10.9 Å². The molecule has 2 aromatic carbocycles. The van der Waals surface area contributed by atoms with Gasteiger partial charge in [0.15, 0.2) is 0 Å². The first-order valence-electron chi connectivity index (χ1n) is 7.25. The van der Waals surface area contributed by atoms with E-state index in [-0.39, 0.29) is 16.0 Å². The van der Waals surface area contributed by atoms with Crippen molar-refractivity contribution in [3.05, 3.63) is 65.5 Å². The standard InChI is InChI=1S/C16H16FN3O5S/c1-20(25-2)26(23,24)14-9-5-12(6-10-14)16(22)19-18-15(21)11-3-7-13(17)8-4-11/h3-10H,1-2H3,(H,18,21)(H,19,22). The predicted octanol–water partition coefficient (Wildman–Crippen LogP) is 1.08. The summed E-state index contributed by atoms with van der Waals surface area (Å²) in [6, 6.07) is 9.82. The summed E-state index contributed by atoms with van der Waals surface area (Å²) in [7, 11) is -1.37. The second kappa shape index (κ2) is 8.04. The number of amides is 2. The predicted molar refractivity (Wildman–Crippen MR) is 89.7 cm³/mol. The molecule has 0 saturated heterocycles. The van der Waals surface area contributed by atoms with Gasteiger partial charge in [-0.25, -0.2) is 12.8 Å². The summed E-state index contributed by atoms with van der Waals surface area (Å²) < 4.78 is 37.6. The Morgan fingerprint density at radius 2 is 1.35 bits per heavy atom. The fourth-order valence-electron chi connectivity index (χ4n) is 1.88. The number of carbonyl (C=O) groups excluding carboxylic acids is 2. The average molecular weight is 381 g/mol. The largest absolute Gasteiger partial charge is 0.288 e. The molecule has 0 bridgehead atoms. The Kier molecular flexibility index (Phi) is 6.03. The quantitative estimate of drug-likeness (QED) is 0.754. The van der Waals surface area contributed by atoms with Gasteiger partial charge >= 0.3 is 0 Å². The molecule has 0 spiro atoms. The van der Waals surface area contributed by atoms with Gasteiger partial charge in [-0.15, -0.1) is 0 Å². The Morgan fingerprint density at radius 3 is 1.77 bits per heavy atom. The number of carbonyl (C=O) groups is 2. The third-order valence-corrected chi connectivity index (χ3v) is 5.10. The van der Waals surface area contributed by atoms with Gasteiger partial charge in [-0.2, -0.15) is 0 Å². The maximum atomic E-state index is 12.8.